The lowest BCUT2D eigenvalue weighted by Crippen LogP contribution is -2.40. The van der Waals surface area contributed by atoms with Crippen molar-refractivity contribution < 1.29 is 9.32 Å². The molecule has 1 saturated heterocycles. The summed E-state index contributed by atoms with van der Waals surface area (Å²) in [6.07, 6.45) is 1.07. The number of aromatic nitrogens is 1. The van der Waals surface area contributed by atoms with Crippen molar-refractivity contribution in [1.29, 1.82) is 0 Å². The first-order valence-corrected chi connectivity index (χ1v) is 7.51. The molecular weight excluding hydrogens is 268 g/mol. The van der Waals surface area contributed by atoms with Gasteiger partial charge < -0.3 is 19.6 Å². The molecule has 21 heavy (non-hydrogen) atoms. The summed E-state index contributed by atoms with van der Waals surface area (Å²) in [4.78, 5) is 16.4. The van der Waals surface area contributed by atoms with Gasteiger partial charge in [0.2, 0.25) is 0 Å². The van der Waals surface area contributed by atoms with Crippen LogP contribution < -0.4 is 5.32 Å². The molecule has 6 nitrogen and oxygen atoms in total. The van der Waals surface area contributed by atoms with Crippen LogP contribution in [0.4, 0.5) is 4.79 Å². The van der Waals surface area contributed by atoms with E-state index < -0.39 is 0 Å². The molecule has 0 radical (unpaired) electrons. The van der Waals surface area contributed by atoms with Crippen LogP contribution in [0.2, 0.25) is 0 Å². The molecule has 0 aromatic carbocycles. The highest BCUT2D eigenvalue weighted by Crippen LogP contribution is 2.22. The molecule has 0 spiro atoms. The number of hydrogen-bond donors (Lipinski definition) is 1. The molecule has 1 N–H and O–H groups in total. The van der Waals surface area contributed by atoms with Gasteiger partial charge in [-0.1, -0.05) is 5.16 Å². The number of carbonyl (C=O) groups is 1. The van der Waals surface area contributed by atoms with E-state index in [4.69, 9.17) is 4.52 Å². The molecule has 0 aliphatic carbocycles. The Labute approximate surface area is 126 Å². The van der Waals surface area contributed by atoms with Gasteiger partial charge >= 0.3 is 6.03 Å². The van der Waals surface area contributed by atoms with Gasteiger partial charge in [-0.3, -0.25) is 0 Å². The van der Waals surface area contributed by atoms with Crippen LogP contribution in [-0.2, 0) is 0 Å². The second-order valence-corrected chi connectivity index (χ2v) is 6.27. The molecule has 2 heterocycles. The quantitative estimate of drug-likeness (QED) is 0.922. The van der Waals surface area contributed by atoms with Crippen LogP contribution in [-0.4, -0.2) is 54.7 Å². The molecule has 1 fully saturated rings. The van der Waals surface area contributed by atoms with E-state index in [1.807, 2.05) is 25.7 Å². The summed E-state index contributed by atoms with van der Waals surface area (Å²) >= 11 is 0. The Hall–Kier alpha value is -1.56. The largest absolute Gasteiger partial charge is 0.361 e. The van der Waals surface area contributed by atoms with Crippen molar-refractivity contribution in [2.45, 2.75) is 33.2 Å². The second-order valence-electron chi connectivity index (χ2n) is 6.27. The first kappa shape index (κ1) is 15.8. The number of likely N-dealkylation sites (tertiary alicyclic amines) is 1. The molecule has 1 aromatic heterocycles. The highest BCUT2D eigenvalue weighted by molar-refractivity contribution is 5.75. The van der Waals surface area contributed by atoms with Crippen LogP contribution in [0.25, 0.3) is 0 Å². The number of nitrogens with zero attached hydrogens (tertiary/aromatic N) is 3. The third kappa shape index (κ3) is 3.75. The Morgan fingerprint density at radius 3 is 2.81 bits per heavy atom. The summed E-state index contributed by atoms with van der Waals surface area (Å²) in [6, 6.07) is -0.0830. The molecule has 0 bridgehead atoms. The number of rotatable bonds is 4. The molecule has 118 valence electrons. The zero-order chi connectivity index (χ0) is 15.6. The maximum atomic E-state index is 12.4. The number of hydrogen-bond acceptors (Lipinski definition) is 4. The average molecular weight is 294 g/mol. The van der Waals surface area contributed by atoms with Gasteiger partial charge in [0.05, 0.1) is 11.7 Å². The number of nitrogens with one attached hydrogen (secondary N) is 1. The Balaban J connectivity index is 1.90. The molecule has 2 amide bonds. The highest BCUT2D eigenvalue weighted by atomic mass is 16.5. The van der Waals surface area contributed by atoms with E-state index in [1.165, 1.54) is 0 Å². The third-order valence-corrected chi connectivity index (χ3v) is 4.06. The van der Waals surface area contributed by atoms with E-state index in [2.05, 4.69) is 29.5 Å². The van der Waals surface area contributed by atoms with E-state index in [0.717, 1.165) is 43.1 Å². The fourth-order valence-corrected chi connectivity index (χ4v) is 3.14. The minimum Gasteiger partial charge on any atom is -0.361 e. The van der Waals surface area contributed by atoms with Crippen LogP contribution in [0.15, 0.2) is 4.52 Å². The van der Waals surface area contributed by atoms with Crippen molar-refractivity contribution in [1.82, 2.24) is 20.3 Å². The number of carbonyl (C=O) groups excluding carboxylic acids is 1. The summed E-state index contributed by atoms with van der Waals surface area (Å²) in [5, 5.41) is 6.99. The van der Waals surface area contributed by atoms with E-state index in [1.54, 1.807) is 0 Å². The standard InChI is InChI=1S/C15H26N4O2/c1-10(14-11(2)17-21-12(14)3)16-15(20)19-7-6-13(9-19)8-18(4)5/h10,13H,6-9H2,1-5H3,(H,16,20). The van der Waals surface area contributed by atoms with Gasteiger partial charge in [-0.05, 0) is 47.2 Å². The topological polar surface area (TPSA) is 61.6 Å². The van der Waals surface area contributed by atoms with Gasteiger partial charge in [0, 0.05) is 25.2 Å². The van der Waals surface area contributed by atoms with Crippen LogP contribution in [0.1, 0.15) is 36.4 Å². The first-order valence-electron chi connectivity index (χ1n) is 7.51. The van der Waals surface area contributed by atoms with Gasteiger partial charge in [0.1, 0.15) is 5.76 Å². The first-order chi connectivity index (χ1) is 9.88. The lowest BCUT2D eigenvalue weighted by Gasteiger charge is -2.21. The maximum Gasteiger partial charge on any atom is 0.317 e. The van der Waals surface area contributed by atoms with Crippen LogP contribution >= 0.6 is 0 Å². The average Bonchev–Trinajstić information content (AvgIpc) is 2.96. The predicted molar refractivity (Wildman–Crippen MR) is 81.2 cm³/mol. The molecule has 1 aromatic rings. The SMILES string of the molecule is Cc1noc(C)c1C(C)NC(=O)N1CCC(CN(C)C)C1. The van der Waals surface area contributed by atoms with Gasteiger partial charge in [-0.15, -0.1) is 0 Å². The Morgan fingerprint density at radius 2 is 2.24 bits per heavy atom. The maximum absolute atomic E-state index is 12.4. The van der Waals surface area contributed by atoms with Gasteiger partial charge in [-0.25, -0.2) is 4.79 Å². The number of amides is 2. The summed E-state index contributed by atoms with van der Waals surface area (Å²) in [5.41, 5.74) is 1.82. The minimum absolute atomic E-state index is 0.00348. The fraction of sp³-hybridized carbons (Fsp3) is 0.733. The summed E-state index contributed by atoms with van der Waals surface area (Å²) < 4.78 is 5.16. The number of aryl methyl sites for hydroxylation is 2. The lowest BCUT2D eigenvalue weighted by atomic mass is 10.1. The Morgan fingerprint density at radius 1 is 1.52 bits per heavy atom. The lowest BCUT2D eigenvalue weighted by molar-refractivity contribution is 0.202. The zero-order valence-corrected chi connectivity index (χ0v) is 13.6. The predicted octanol–water partition coefficient (Wildman–Crippen LogP) is 1.95. The van der Waals surface area contributed by atoms with E-state index in [9.17, 15) is 4.79 Å². The number of urea groups is 1. The van der Waals surface area contributed by atoms with E-state index in [-0.39, 0.29) is 12.1 Å². The van der Waals surface area contributed by atoms with Crippen molar-refractivity contribution in [2.24, 2.45) is 5.92 Å². The second kappa shape index (κ2) is 6.47. The molecule has 2 unspecified atom stereocenters. The summed E-state index contributed by atoms with van der Waals surface area (Å²) in [6.45, 7) is 8.44. The fourth-order valence-electron chi connectivity index (χ4n) is 3.14. The molecule has 0 saturated carbocycles. The molecule has 1 aliphatic heterocycles. The zero-order valence-electron chi connectivity index (χ0n) is 13.6. The van der Waals surface area contributed by atoms with Crippen LogP contribution in [0.3, 0.4) is 0 Å². The van der Waals surface area contributed by atoms with Crippen LogP contribution in [0, 0.1) is 19.8 Å². The third-order valence-electron chi connectivity index (χ3n) is 4.06. The van der Waals surface area contributed by atoms with Crippen LogP contribution in [0.5, 0.6) is 0 Å². The molecule has 1 aliphatic rings. The van der Waals surface area contributed by atoms with E-state index >= 15 is 0 Å². The Kier molecular flexibility index (Phi) is 4.88. The van der Waals surface area contributed by atoms with Crippen molar-refractivity contribution in [3.63, 3.8) is 0 Å². The Bertz CT molecular complexity index is 478. The van der Waals surface area contributed by atoms with E-state index in [0.29, 0.717) is 5.92 Å². The summed E-state index contributed by atoms with van der Waals surface area (Å²) in [5.74, 6) is 1.34. The van der Waals surface area contributed by atoms with Crippen molar-refractivity contribution >= 4 is 6.03 Å². The molecule has 2 atom stereocenters. The molecule has 2 rings (SSSR count). The molecule has 6 heteroatoms. The smallest absolute Gasteiger partial charge is 0.317 e. The monoisotopic (exact) mass is 294 g/mol. The van der Waals surface area contributed by atoms with Gasteiger partial charge in [-0.2, -0.15) is 0 Å². The molecular formula is C15H26N4O2. The summed E-state index contributed by atoms with van der Waals surface area (Å²) in [7, 11) is 4.14. The van der Waals surface area contributed by atoms with Gasteiger partial charge in [0.25, 0.3) is 0 Å². The highest BCUT2D eigenvalue weighted by Gasteiger charge is 2.28. The normalized spacial score (nSPS) is 20.1. The van der Waals surface area contributed by atoms with Crippen molar-refractivity contribution in [3.8, 4) is 0 Å². The van der Waals surface area contributed by atoms with Crippen molar-refractivity contribution in [3.05, 3.63) is 17.0 Å². The minimum atomic E-state index is -0.0864. The van der Waals surface area contributed by atoms with Crippen molar-refractivity contribution in [2.75, 3.05) is 33.7 Å². The van der Waals surface area contributed by atoms with Gasteiger partial charge in [0.15, 0.2) is 0 Å².